The molecule has 69 heavy (non-hydrogen) atoms. The van der Waals surface area contributed by atoms with Crippen molar-refractivity contribution in [2.75, 3.05) is 13.2 Å². The molecule has 5 aliphatic carbocycles. The Hall–Kier alpha value is -3.39. The number of aliphatic hydroxyl groups excluding tert-OH is 5. The van der Waals surface area contributed by atoms with Crippen molar-refractivity contribution >= 4 is 11.9 Å². The molecule has 1 amide bonds. The highest BCUT2D eigenvalue weighted by Crippen LogP contribution is 2.76. The highest BCUT2D eigenvalue weighted by Gasteiger charge is 2.70. The maximum atomic E-state index is 14.7. The van der Waals surface area contributed by atoms with Crippen molar-refractivity contribution in [3.05, 3.63) is 53.6 Å². The van der Waals surface area contributed by atoms with Crippen molar-refractivity contribution in [1.82, 2.24) is 20.3 Å². The number of aromatic nitrogens is 3. The quantitative estimate of drug-likeness (QED) is 0.104. The number of para-hydroxylation sites is 1. The van der Waals surface area contributed by atoms with Gasteiger partial charge < -0.3 is 54.5 Å². The molecule has 16 nitrogen and oxygen atoms in total. The number of allylic oxidation sites excluding steroid dienone is 2. The normalized spacial score (nSPS) is 43.5. The van der Waals surface area contributed by atoms with Crippen molar-refractivity contribution in [3.63, 3.8) is 0 Å². The van der Waals surface area contributed by atoms with Crippen molar-refractivity contribution in [2.45, 2.75) is 188 Å². The van der Waals surface area contributed by atoms with Gasteiger partial charge in [0.25, 0.3) is 0 Å². The lowest BCUT2D eigenvalue weighted by Gasteiger charge is -2.71. The molecule has 6 fully saturated rings. The van der Waals surface area contributed by atoms with E-state index in [1.54, 1.807) is 24.4 Å². The lowest BCUT2D eigenvalue weighted by atomic mass is 9.33. The van der Waals surface area contributed by atoms with Crippen molar-refractivity contribution < 1.29 is 63.2 Å². The van der Waals surface area contributed by atoms with E-state index in [0.29, 0.717) is 18.0 Å². The number of ether oxygens (including phenoxy) is 5. The van der Waals surface area contributed by atoms with E-state index in [1.165, 1.54) is 23.2 Å². The molecule has 7 aliphatic rings. The van der Waals surface area contributed by atoms with Gasteiger partial charge in [0.05, 0.1) is 30.9 Å². The number of benzene rings is 1. The largest absolute Gasteiger partial charge is 0.459 e. The van der Waals surface area contributed by atoms with Crippen LogP contribution in [-0.4, -0.2) is 127 Å². The summed E-state index contributed by atoms with van der Waals surface area (Å²) in [5.41, 5.74) is 0.857. The summed E-state index contributed by atoms with van der Waals surface area (Å²) in [6.07, 6.45) is 1.42. The Balaban J connectivity index is 0.928. The molecular formula is C52H75FN4O12. The molecule has 4 saturated carbocycles. The first kappa shape index (κ1) is 50.5. The summed E-state index contributed by atoms with van der Waals surface area (Å²) in [6, 6.07) is 5.25. The molecule has 0 spiro atoms. The third-order valence-corrected chi connectivity index (χ3v) is 19.2. The van der Waals surface area contributed by atoms with Gasteiger partial charge in [-0.05, 0) is 121 Å². The topological polar surface area (TPSA) is 224 Å². The minimum atomic E-state index is -1.56. The van der Waals surface area contributed by atoms with Gasteiger partial charge in [-0.15, -0.1) is 5.10 Å². The Bertz CT molecular complexity index is 2280. The van der Waals surface area contributed by atoms with Gasteiger partial charge in [0, 0.05) is 6.92 Å². The number of amides is 1. The minimum absolute atomic E-state index is 0.0281. The Morgan fingerprint density at radius 1 is 0.884 bits per heavy atom. The number of carbonyl (C=O) groups excluding carboxylic acids is 2. The zero-order valence-corrected chi connectivity index (χ0v) is 41.5. The van der Waals surface area contributed by atoms with Crippen LogP contribution in [0.1, 0.15) is 125 Å². The first-order valence-electron chi connectivity index (χ1n) is 25.2. The maximum absolute atomic E-state index is 14.7. The SMILES string of the molecule is CC(=O)N[C@H]1[C@H](O[C@H]2CC[C@]3(C)[C@H]4CC=C5[C@@H]6CC(C)(C)CC[C@]6(C(=O)OCc6cn(-c7ccccc7F)nn6)CC[C@@]5(C)[C@]4(C)CC[C@H]3C2(C)C)O[C@H](CO[C@@H]2OC[C@H](O)[C@H](O)[C@@H]2O)[C@@H](O)[C@@H]1O. The second-order valence-corrected chi connectivity index (χ2v) is 23.9. The van der Waals surface area contributed by atoms with Gasteiger partial charge in [0.2, 0.25) is 5.91 Å². The summed E-state index contributed by atoms with van der Waals surface area (Å²) in [5.74, 6) is -0.415. The van der Waals surface area contributed by atoms with Gasteiger partial charge in [-0.1, -0.05) is 77.5 Å². The lowest BCUT2D eigenvalue weighted by molar-refractivity contribution is -0.322. The predicted octanol–water partition coefficient (Wildman–Crippen LogP) is 5.04. The van der Waals surface area contributed by atoms with Crippen LogP contribution in [0.4, 0.5) is 4.39 Å². The van der Waals surface area contributed by atoms with Gasteiger partial charge in [0.15, 0.2) is 12.6 Å². The average molecular weight is 967 g/mol. The first-order valence-corrected chi connectivity index (χ1v) is 25.2. The average Bonchev–Trinajstić information content (AvgIpc) is 3.77. The Labute approximate surface area is 404 Å². The minimum Gasteiger partial charge on any atom is -0.459 e. The molecule has 0 unspecified atom stereocenters. The molecule has 382 valence electrons. The molecule has 6 N–H and O–H groups in total. The van der Waals surface area contributed by atoms with Crippen molar-refractivity contribution in [3.8, 4) is 5.69 Å². The summed E-state index contributed by atoms with van der Waals surface area (Å²) in [7, 11) is 0. The summed E-state index contributed by atoms with van der Waals surface area (Å²) >= 11 is 0. The number of nitrogens with zero attached hydrogens (tertiary/aromatic N) is 3. The van der Waals surface area contributed by atoms with Crippen LogP contribution < -0.4 is 5.32 Å². The van der Waals surface area contributed by atoms with Crippen molar-refractivity contribution in [2.24, 2.45) is 50.2 Å². The maximum Gasteiger partial charge on any atom is 0.313 e. The zero-order valence-electron chi connectivity index (χ0n) is 41.5. The number of esters is 1. The Morgan fingerprint density at radius 3 is 2.36 bits per heavy atom. The molecule has 0 bridgehead atoms. The first-order chi connectivity index (χ1) is 32.5. The second kappa shape index (κ2) is 18.3. The monoisotopic (exact) mass is 967 g/mol. The number of fused-ring (bicyclic) bond motifs is 7. The fourth-order valence-electron chi connectivity index (χ4n) is 15.1. The summed E-state index contributed by atoms with van der Waals surface area (Å²) in [5, 5.41) is 64.3. The molecule has 9 rings (SSSR count). The van der Waals surface area contributed by atoms with Crippen LogP contribution in [0, 0.1) is 56.1 Å². The third-order valence-electron chi connectivity index (χ3n) is 19.2. The van der Waals surface area contributed by atoms with Crippen LogP contribution in [0.3, 0.4) is 0 Å². The molecule has 2 saturated heterocycles. The fraction of sp³-hybridized carbons (Fsp3) is 0.769. The third kappa shape index (κ3) is 8.50. The zero-order chi connectivity index (χ0) is 49.6. The van der Waals surface area contributed by atoms with Crippen molar-refractivity contribution in [1.29, 1.82) is 0 Å². The van der Waals surface area contributed by atoms with Gasteiger partial charge in [-0.2, -0.15) is 0 Å². The highest BCUT2D eigenvalue weighted by atomic mass is 19.1. The van der Waals surface area contributed by atoms with Gasteiger partial charge >= 0.3 is 5.97 Å². The van der Waals surface area contributed by atoms with E-state index in [-0.39, 0.29) is 76.5 Å². The molecule has 3 heterocycles. The van der Waals surface area contributed by atoms with Gasteiger partial charge in [-0.25, -0.2) is 9.07 Å². The molecule has 1 aromatic carbocycles. The van der Waals surface area contributed by atoms with E-state index < -0.39 is 72.4 Å². The molecular weight excluding hydrogens is 892 g/mol. The van der Waals surface area contributed by atoms with Gasteiger partial charge in [0.1, 0.15) is 66.5 Å². The number of hydrogen-bond acceptors (Lipinski definition) is 14. The fourth-order valence-corrected chi connectivity index (χ4v) is 15.1. The van der Waals surface area contributed by atoms with Crippen LogP contribution in [0.2, 0.25) is 0 Å². The smallest absolute Gasteiger partial charge is 0.313 e. The standard InChI is InChI=1S/C52H75FN4O12/c1-28(58)54-39-42(62)41(61)35(27-66-45-43(63)40(60)34(59)26-65-45)68-44(39)69-38-16-17-49(6)36(48(38,4)5)15-18-51(8)37(49)14-13-30-31-23-47(2,3)19-21-52(31,22-20-50(30,51)7)46(64)67-25-29-24-57(56-55-29)33-12-10-9-11-32(33)53/h9-13,24,31,34-45,59-63H,14-23,25-27H2,1-8H3,(H,54,58)/t31-,34-,35+,36-,37+,38-,39+,40-,41+,42+,43-,44-,45-,49-,50+,51+,52-/m0/s1. The van der Waals surface area contributed by atoms with E-state index in [9.17, 15) is 39.5 Å². The number of rotatable bonds is 10. The number of carbonyl (C=O) groups is 2. The van der Waals surface area contributed by atoms with Gasteiger partial charge in [-0.3, -0.25) is 9.59 Å². The van der Waals surface area contributed by atoms with E-state index >= 15 is 0 Å². The number of nitrogens with one attached hydrogen (secondary N) is 1. The van der Waals surface area contributed by atoms with Crippen LogP contribution in [0.15, 0.2) is 42.1 Å². The molecule has 1 aromatic heterocycles. The molecule has 2 aliphatic heterocycles. The molecule has 2 aromatic rings. The van der Waals surface area contributed by atoms with Crippen LogP contribution in [0.5, 0.6) is 0 Å². The second-order valence-electron chi connectivity index (χ2n) is 23.9. The lowest BCUT2D eigenvalue weighted by Crippen LogP contribution is -2.67. The number of aliphatic hydroxyl groups is 5. The van der Waals surface area contributed by atoms with Crippen LogP contribution in [0.25, 0.3) is 5.69 Å². The highest BCUT2D eigenvalue weighted by molar-refractivity contribution is 5.79. The predicted molar refractivity (Wildman–Crippen MR) is 247 cm³/mol. The van der Waals surface area contributed by atoms with Crippen LogP contribution >= 0.6 is 0 Å². The molecule has 17 atom stereocenters. The number of hydrogen-bond donors (Lipinski definition) is 6. The van der Waals surface area contributed by atoms with Crippen LogP contribution in [-0.2, 0) is 39.9 Å². The summed E-state index contributed by atoms with van der Waals surface area (Å²) < 4.78 is 46.5. The Morgan fingerprint density at radius 2 is 1.62 bits per heavy atom. The number of halogens is 1. The Kier molecular flexibility index (Phi) is 13.4. The van der Waals surface area contributed by atoms with E-state index in [4.69, 9.17) is 23.7 Å². The molecule has 0 radical (unpaired) electrons. The van der Waals surface area contributed by atoms with E-state index in [0.717, 1.165) is 57.8 Å². The summed E-state index contributed by atoms with van der Waals surface area (Å²) in [4.78, 5) is 27.2. The van der Waals surface area contributed by atoms with E-state index in [2.05, 4.69) is 70.2 Å². The molecule has 17 heteroatoms. The van der Waals surface area contributed by atoms with E-state index in [1.807, 2.05) is 0 Å². The summed E-state index contributed by atoms with van der Waals surface area (Å²) in [6.45, 7) is 17.3.